The summed E-state index contributed by atoms with van der Waals surface area (Å²) in [6.45, 7) is 1.64. The van der Waals surface area contributed by atoms with Crippen molar-refractivity contribution in [3.63, 3.8) is 0 Å². The molecule has 0 fully saturated rings. The number of carbonyl (C=O) groups excluding carboxylic acids is 1. The van der Waals surface area contributed by atoms with E-state index >= 15 is 0 Å². The lowest BCUT2D eigenvalue weighted by Crippen LogP contribution is -2.32. The van der Waals surface area contributed by atoms with E-state index in [1.165, 1.54) is 27.8 Å². The zero-order valence-electron chi connectivity index (χ0n) is 15.6. The number of aldehydes is 1. The summed E-state index contributed by atoms with van der Waals surface area (Å²) in [6, 6.07) is 21.2. The summed E-state index contributed by atoms with van der Waals surface area (Å²) in [4.78, 5) is 14.2. The maximum atomic E-state index is 11.8. The van der Waals surface area contributed by atoms with Gasteiger partial charge in [-0.1, -0.05) is 48.5 Å². The molecule has 0 spiro atoms. The van der Waals surface area contributed by atoms with Crippen molar-refractivity contribution in [1.29, 1.82) is 5.26 Å². The van der Waals surface area contributed by atoms with Gasteiger partial charge in [-0.15, -0.1) is 0 Å². The highest BCUT2D eigenvalue weighted by Crippen LogP contribution is 2.42. The SMILES string of the molecule is N#Cc1c(C=O)cc2c(c1N1CCc3ccccc3C1)CCc1ccccc1-2. The van der Waals surface area contributed by atoms with Crippen molar-refractivity contribution < 1.29 is 4.79 Å². The molecule has 0 N–H and O–H groups in total. The van der Waals surface area contributed by atoms with Gasteiger partial charge < -0.3 is 4.90 Å². The number of rotatable bonds is 2. The fourth-order valence-electron chi connectivity index (χ4n) is 4.73. The molecule has 28 heavy (non-hydrogen) atoms. The minimum atomic E-state index is 0.492. The first-order valence-corrected chi connectivity index (χ1v) is 9.75. The Morgan fingerprint density at radius 1 is 0.893 bits per heavy atom. The highest BCUT2D eigenvalue weighted by Gasteiger charge is 2.28. The minimum Gasteiger partial charge on any atom is -0.366 e. The van der Waals surface area contributed by atoms with Crippen LogP contribution in [0.3, 0.4) is 0 Å². The molecule has 1 heterocycles. The maximum Gasteiger partial charge on any atom is 0.151 e. The van der Waals surface area contributed by atoms with E-state index in [-0.39, 0.29) is 0 Å². The molecule has 0 atom stereocenters. The second-order valence-electron chi connectivity index (χ2n) is 7.54. The van der Waals surface area contributed by atoms with Crippen LogP contribution in [-0.2, 0) is 25.8 Å². The Bertz CT molecular complexity index is 1140. The summed E-state index contributed by atoms with van der Waals surface area (Å²) in [5.74, 6) is 0. The summed E-state index contributed by atoms with van der Waals surface area (Å²) >= 11 is 0. The van der Waals surface area contributed by atoms with E-state index in [1.54, 1.807) is 0 Å². The Morgan fingerprint density at radius 3 is 2.43 bits per heavy atom. The van der Waals surface area contributed by atoms with Gasteiger partial charge in [-0.05, 0) is 58.7 Å². The van der Waals surface area contributed by atoms with Gasteiger partial charge in [-0.25, -0.2) is 0 Å². The third kappa shape index (κ3) is 2.53. The summed E-state index contributed by atoms with van der Waals surface area (Å²) in [5, 5.41) is 9.92. The van der Waals surface area contributed by atoms with Crippen LogP contribution >= 0.6 is 0 Å². The van der Waals surface area contributed by atoms with Crippen molar-refractivity contribution in [1.82, 2.24) is 0 Å². The Morgan fingerprint density at radius 2 is 1.64 bits per heavy atom. The Balaban J connectivity index is 1.72. The number of aryl methyl sites for hydroxylation is 1. The van der Waals surface area contributed by atoms with Crippen LogP contribution in [0.5, 0.6) is 0 Å². The first-order chi connectivity index (χ1) is 13.8. The number of hydrogen-bond donors (Lipinski definition) is 0. The molecule has 1 aliphatic carbocycles. The standard InChI is InChI=1S/C25H20N2O/c26-14-24-20(16-28)13-23-21-8-4-3-6-18(21)9-10-22(23)25(24)27-12-11-17-5-1-2-7-19(17)15-27/h1-8,13,16H,9-12,15H2. The maximum absolute atomic E-state index is 11.8. The zero-order chi connectivity index (χ0) is 19.1. The molecule has 0 aromatic heterocycles. The largest absolute Gasteiger partial charge is 0.366 e. The summed E-state index contributed by atoms with van der Waals surface area (Å²) in [6.07, 6.45) is 3.65. The number of carbonyl (C=O) groups is 1. The van der Waals surface area contributed by atoms with Gasteiger partial charge in [0.1, 0.15) is 6.07 Å². The second kappa shape index (κ2) is 6.65. The highest BCUT2D eigenvalue weighted by atomic mass is 16.1. The normalized spacial score (nSPS) is 14.5. The topological polar surface area (TPSA) is 44.1 Å². The van der Waals surface area contributed by atoms with Crippen LogP contribution in [0.1, 0.15) is 38.2 Å². The van der Waals surface area contributed by atoms with Crippen molar-refractivity contribution in [2.75, 3.05) is 11.4 Å². The molecule has 5 rings (SSSR count). The lowest BCUT2D eigenvalue weighted by molar-refractivity contribution is 0.112. The van der Waals surface area contributed by atoms with Gasteiger partial charge in [0.05, 0.1) is 11.3 Å². The van der Waals surface area contributed by atoms with E-state index in [2.05, 4.69) is 53.4 Å². The molecule has 2 aliphatic rings. The number of hydrogen-bond acceptors (Lipinski definition) is 3. The molecule has 0 bridgehead atoms. The molecular formula is C25H20N2O. The Kier molecular flexibility index (Phi) is 3.98. The van der Waals surface area contributed by atoms with Gasteiger partial charge in [0.2, 0.25) is 0 Å². The molecule has 0 saturated carbocycles. The quantitative estimate of drug-likeness (QED) is 0.619. The van der Waals surface area contributed by atoms with Crippen LogP contribution in [0.25, 0.3) is 11.1 Å². The Labute approximate surface area is 164 Å². The average molecular weight is 364 g/mol. The Hall–Kier alpha value is -3.38. The smallest absolute Gasteiger partial charge is 0.151 e. The van der Waals surface area contributed by atoms with Crippen molar-refractivity contribution in [3.8, 4) is 17.2 Å². The van der Waals surface area contributed by atoms with E-state index in [9.17, 15) is 10.1 Å². The summed E-state index contributed by atoms with van der Waals surface area (Å²) in [7, 11) is 0. The average Bonchev–Trinajstić information content (AvgIpc) is 2.77. The van der Waals surface area contributed by atoms with Gasteiger partial charge in [0, 0.05) is 18.7 Å². The molecule has 0 radical (unpaired) electrons. The zero-order valence-corrected chi connectivity index (χ0v) is 15.6. The summed E-state index contributed by atoms with van der Waals surface area (Å²) < 4.78 is 0. The van der Waals surface area contributed by atoms with Gasteiger partial charge in [0.15, 0.2) is 6.29 Å². The third-order valence-electron chi connectivity index (χ3n) is 6.07. The molecule has 3 nitrogen and oxygen atoms in total. The second-order valence-corrected chi connectivity index (χ2v) is 7.54. The van der Waals surface area contributed by atoms with Crippen LogP contribution in [-0.4, -0.2) is 12.8 Å². The van der Waals surface area contributed by atoms with Gasteiger partial charge in [-0.2, -0.15) is 5.26 Å². The highest BCUT2D eigenvalue weighted by molar-refractivity contribution is 5.92. The van der Waals surface area contributed by atoms with Gasteiger partial charge in [-0.3, -0.25) is 4.79 Å². The molecule has 3 aromatic rings. The predicted octanol–water partition coefficient (Wildman–Crippen LogP) is 4.70. The molecule has 0 unspecified atom stereocenters. The van der Waals surface area contributed by atoms with Crippen molar-refractivity contribution in [3.05, 3.63) is 88.0 Å². The molecule has 0 amide bonds. The number of fused-ring (bicyclic) bond motifs is 4. The minimum absolute atomic E-state index is 0.492. The van der Waals surface area contributed by atoms with E-state index < -0.39 is 0 Å². The molecule has 3 heteroatoms. The van der Waals surface area contributed by atoms with Crippen molar-refractivity contribution >= 4 is 12.0 Å². The van der Waals surface area contributed by atoms with Gasteiger partial charge in [0.25, 0.3) is 0 Å². The first kappa shape index (κ1) is 16.8. The number of benzene rings is 3. The van der Waals surface area contributed by atoms with Crippen LogP contribution in [0.4, 0.5) is 5.69 Å². The summed E-state index contributed by atoms with van der Waals surface area (Å²) in [5.41, 5.74) is 9.48. The van der Waals surface area contributed by atoms with Crippen LogP contribution in [0.15, 0.2) is 54.6 Å². The van der Waals surface area contributed by atoms with Crippen LogP contribution < -0.4 is 4.90 Å². The van der Waals surface area contributed by atoms with E-state index in [0.29, 0.717) is 11.1 Å². The van der Waals surface area contributed by atoms with E-state index in [4.69, 9.17) is 0 Å². The molecular weight excluding hydrogens is 344 g/mol. The fourth-order valence-corrected chi connectivity index (χ4v) is 4.73. The lowest BCUT2D eigenvalue weighted by Gasteiger charge is -2.35. The molecule has 0 saturated heterocycles. The number of nitriles is 1. The van der Waals surface area contributed by atoms with Crippen molar-refractivity contribution in [2.24, 2.45) is 0 Å². The number of anilines is 1. The van der Waals surface area contributed by atoms with E-state index in [1.807, 2.05) is 12.1 Å². The fraction of sp³-hybridized carbons (Fsp3) is 0.200. The van der Waals surface area contributed by atoms with E-state index in [0.717, 1.165) is 49.9 Å². The van der Waals surface area contributed by atoms with Crippen molar-refractivity contribution in [2.45, 2.75) is 25.8 Å². The third-order valence-corrected chi connectivity index (χ3v) is 6.07. The van der Waals surface area contributed by atoms with Gasteiger partial charge >= 0.3 is 0 Å². The van der Waals surface area contributed by atoms with Crippen LogP contribution in [0.2, 0.25) is 0 Å². The lowest BCUT2D eigenvalue weighted by atomic mass is 9.81. The first-order valence-electron chi connectivity index (χ1n) is 9.75. The molecule has 136 valence electrons. The van der Waals surface area contributed by atoms with Crippen LogP contribution in [0, 0.1) is 11.3 Å². The molecule has 1 aliphatic heterocycles. The predicted molar refractivity (Wildman–Crippen MR) is 111 cm³/mol. The monoisotopic (exact) mass is 364 g/mol. The number of nitrogens with zero attached hydrogens (tertiary/aromatic N) is 2. The molecule has 3 aromatic carbocycles.